The Kier molecular flexibility index (Phi) is 9.03. The number of carbonyl (C=O) groups is 1. The summed E-state index contributed by atoms with van der Waals surface area (Å²) >= 11 is 0. The van der Waals surface area contributed by atoms with E-state index in [1.165, 1.54) is 0 Å². The minimum absolute atomic E-state index is 0.0519. The van der Waals surface area contributed by atoms with Gasteiger partial charge in [-0.05, 0) is 38.9 Å². The summed E-state index contributed by atoms with van der Waals surface area (Å²) in [6, 6.07) is 0. The SMILES string of the molecule is CC(=O)NCCCCNCCCN. The molecule has 0 aliphatic carbocycles. The van der Waals surface area contributed by atoms with Crippen LogP contribution in [0.2, 0.25) is 0 Å². The maximum absolute atomic E-state index is 10.5. The first-order valence-corrected chi connectivity index (χ1v) is 4.92. The van der Waals surface area contributed by atoms with E-state index in [0.717, 1.165) is 45.4 Å². The molecule has 0 aliphatic heterocycles. The molecule has 0 unspecified atom stereocenters. The lowest BCUT2D eigenvalue weighted by Gasteiger charge is -2.03. The summed E-state index contributed by atoms with van der Waals surface area (Å²) in [5.41, 5.74) is 5.34. The van der Waals surface area contributed by atoms with E-state index in [2.05, 4.69) is 10.6 Å². The molecule has 78 valence electrons. The van der Waals surface area contributed by atoms with Crippen molar-refractivity contribution in [2.45, 2.75) is 26.2 Å². The first kappa shape index (κ1) is 12.4. The molecule has 4 N–H and O–H groups in total. The molecule has 0 heterocycles. The number of amides is 1. The second kappa shape index (κ2) is 9.48. The number of nitrogens with two attached hydrogens (primary N) is 1. The Morgan fingerprint density at radius 2 is 1.77 bits per heavy atom. The highest BCUT2D eigenvalue weighted by molar-refractivity contribution is 5.72. The average Bonchev–Trinajstić information content (AvgIpc) is 2.09. The van der Waals surface area contributed by atoms with Crippen molar-refractivity contribution < 1.29 is 4.79 Å². The lowest BCUT2D eigenvalue weighted by molar-refractivity contribution is -0.118. The van der Waals surface area contributed by atoms with Crippen LogP contribution in [0.15, 0.2) is 0 Å². The lowest BCUT2D eigenvalue weighted by Crippen LogP contribution is -2.23. The third kappa shape index (κ3) is 11.4. The summed E-state index contributed by atoms with van der Waals surface area (Å²) in [6.45, 7) is 5.09. The summed E-state index contributed by atoms with van der Waals surface area (Å²) in [4.78, 5) is 10.5. The molecule has 0 aromatic rings. The van der Waals surface area contributed by atoms with Gasteiger partial charge in [0.1, 0.15) is 0 Å². The van der Waals surface area contributed by atoms with Crippen LogP contribution in [0.5, 0.6) is 0 Å². The van der Waals surface area contributed by atoms with Crippen molar-refractivity contribution >= 4 is 5.91 Å². The molecule has 0 fully saturated rings. The second-order valence-corrected chi connectivity index (χ2v) is 3.08. The van der Waals surface area contributed by atoms with Crippen LogP contribution in [0.4, 0.5) is 0 Å². The highest BCUT2D eigenvalue weighted by atomic mass is 16.1. The predicted octanol–water partition coefficient (Wildman–Crippen LogP) is -0.159. The highest BCUT2D eigenvalue weighted by Gasteiger charge is 1.90. The molecule has 0 rings (SSSR count). The molecule has 0 aromatic carbocycles. The fraction of sp³-hybridized carbons (Fsp3) is 0.889. The smallest absolute Gasteiger partial charge is 0.216 e. The highest BCUT2D eigenvalue weighted by Crippen LogP contribution is 1.84. The van der Waals surface area contributed by atoms with Crippen molar-refractivity contribution in [1.82, 2.24) is 10.6 Å². The Morgan fingerprint density at radius 3 is 2.38 bits per heavy atom. The molecule has 0 saturated carbocycles. The first-order valence-electron chi connectivity index (χ1n) is 4.92. The molecule has 4 nitrogen and oxygen atoms in total. The van der Waals surface area contributed by atoms with Gasteiger partial charge in [-0.3, -0.25) is 4.79 Å². The van der Waals surface area contributed by atoms with Crippen molar-refractivity contribution in [1.29, 1.82) is 0 Å². The van der Waals surface area contributed by atoms with Gasteiger partial charge in [-0.1, -0.05) is 0 Å². The number of unbranched alkanes of at least 4 members (excludes halogenated alkanes) is 1. The van der Waals surface area contributed by atoms with Crippen molar-refractivity contribution in [2.75, 3.05) is 26.2 Å². The molecule has 0 radical (unpaired) electrons. The van der Waals surface area contributed by atoms with E-state index in [4.69, 9.17) is 5.73 Å². The number of carbonyl (C=O) groups excluding carboxylic acids is 1. The molecule has 0 spiro atoms. The fourth-order valence-corrected chi connectivity index (χ4v) is 0.991. The number of rotatable bonds is 8. The minimum Gasteiger partial charge on any atom is -0.356 e. The molecule has 0 atom stereocenters. The maximum atomic E-state index is 10.5. The summed E-state index contributed by atoms with van der Waals surface area (Å²) in [7, 11) is 0. The molecular formula is C9H21N3O. The van der Waals surface area contributed by atoms with E-state index in [0.29, 0.717) is 0 Å². The van der Waals surface area contributed by atoms with E-state index >= 15 is 0 Å². The van der Waals surface area contributed by atoms with Crippen molar-refractivity contribution in [3.63, 3.8) is 0 Å². The van der Waals surface area contributed by atoms with Gasteiger partial charge in [0.05, 0.1) is 0 Å². The maximum Gasteiger partial charge on any atom is 0.216 e. The zero-order valence-electron chi connectivity index (χ0n) is 8.44. The summed E-state index contributed by atoms with van der Waals surface area (Å²) in [5, 5.41) is 6.04. The number of nitrogens with one attached hydrogen (secondary N) is 2. The monoisotopic (exact) mass is 187 g/mol. The first-order chi connectivity index (χ1) is 6.27. The lowest BCUT2D eigenvalue weighted by atomic mass is 10.3. The van der Waals surface area contributed by atoms with Gasteiger partial charge in [-0.15, -0.1) is 0 Å². The normalized spacial score (nSPS) is 10.0. The minimum atomic E-state index is 0.0519. The van der Waals surface area contributed by atoms with Crippen molar-refractivity contribution in [3.05, 3.63) is 0 Å². The summed E-state index contributed by atoms with van der Waals surface area (Å²) in [6.07, 6.45) is 3.17. The van der Waals surface area contributed by atoms with E-state index in [1.54, 1.807) is 6.92 Å². The Bertz CT molecular complexity index is 128. The van der Waals surface area contributed by atoms with E-state index in [9.17, 15) is 4.79 Å². The van der Waals surface area contributed by atoms with Crippen molar-refractivity contribution in [2.24, 2.45) is 5.73 Å². The Balaban J connectivity index is 2.87. The van der Waals surface area contributed by atoms with E-state index in [-0.39, 0.29) is 5.91 Å². The predicted molar refractivity (Wildman–Crippen MR) is 54.5 cm³/mol. The molecule has 0 bridgehead atoms. The molecular weight excluding hydrogens is 166 g/mol. The van der Waals surface area contributed by atoms with Crippen LogP contribution in [-0.4, -0.2) is 32.1 Å². The fourth-order valence-electron chi connectivity index (χ4n) is 0.991. The van der Waals surface area contributed by atoms with Crippen LogP contribution in [0, 0.1) is 0 Å². The summed E-state index contributed by atoms with van der Waals surface area (Å²) in [5.74, 6) is 0.0519. The Labute approximate surface area is 80.3 Å². The van der Waals surface area contributed by atoms with Gasteiger partial charge in [0.25, 0.3) is 0 Å². The third-order valence-corrected chi connectivity index (χ3v) is 1.71. The van der Waals surface area contributed by atoms with Gasteiger partial charge in [0, 0.05) is 13.5 Å². The standard InChI is InChI=1S/C9H21N3O/c1-9(13)12-8-3-2-6-11-7-4-5-10/h11H,2-8,10H2,1H3,(H,12,13). The molecule has 4 heteroatoms. The van der Waals surface area contributed by atoms with Gasteiger partial charge >= 0.3 is 0 Å². The van der Waals surface area contributed by atoms with Gasteiger partial charge < -0.3 is 16.4 Å². The van der Waals surface area contributed by atoms with Gasteiger partial charge in [-0.25, -0.2) is 0 Å². The van der Waals surface area contributed by atoms with Crippen LogP contribution in [0.3, 0.4) is 0 Å². The number of hydrogen-bond donors (Lipinski definition) is 3. The van der Waals surface area contributed by atoms with E-state index in [1.807, 2.05) is 0 Å². The van der Waals surface area contributed by atoms with Crippen LogP contribution < -0.4 is 16.4 Å². The summed E-state index contributed by atoms with van der Waals surface area (Å²) < 4.78 is 0. The Morgan fingerprint density at radius 1 is 1.15 bits per heavy atom. The second-order valence-electron chi connectivity index (χ2n) is 3.08. The zero-order valence-corrected chi connectivity index (χ0v) is 8.44. The zero-order chi connectivity index (χ0) is 9.94. The van der Waals surface area contributed by atoms with E-state index < -0.39 is 0 Å². The third-order valence-electron chi connectivity index (χ3n) is 1.71. The quantitative estimate of drug-likeness (QED) is 0.463. The molecule has 1 amide bonds. The van der Waals surface area contributed by atoms with Gasteiger partial charge in [-0.2, -0.15) is 0 Å². The molecule has 13 heavy (non-hydrogen) atoms. The van der Waals surface area contributed by atoms with Crippen LogP contribution >= 0.6 is 0 Å². The van der Waals surface area contributed by atoms with Crippen molar-refractivity contribution in [3.8, 4) is 0 Å². The van der Waals surface area contributed by atoms with Crippen LogP contribution in [0.25, 0.3) is 0 Å². The largest absolute Gasteiger partial charge is 0.356 e. The molecule has 0 aliphatic rings. The Hall–Kier alpha value is -0.610. The van der Waals surface area contributed by atoms with Crippen LogP contribution in [0.1, 0.15) is 26.2 Å². The van der Waals surface area contributed by atoms with Gasteiger partial charge in [0.2, 0.25) is 5.91 Å². The van der Waals surface area contributed by atoms with Gasteiger partial charge in [0.15, 0.2) is 0 Å². The van der Waals surface area contributed by atoms with Crippen LogP contribution in [-0.2, 0) is 4.79 Å². The average molecular weight is 187 g/mol. The topological polar surface area (TPSA) is 67.2 Å². The molecule has 0 saturated heterocycles. The number of hydrogen-bond acceptors (Lipinski definition) is 3. The molecule has 0 aromatic heterocycles.